The minimum absolute atomic E-state index is 0.0392. The van der Waals surface area contributed by atoms with Crippen LogP contribution >= 0.6 is 0 Å². The number of nitro groups is 1. The fourth-order valence-corrected chi connectivity index (χ4v) is 5.71. The van der Waals surface area contributed by atoms with Gasteiger partial charge in [0.1, 0.15) is 12.4 Å². The molecule has 2 aromatic carbocycles. The minimum atomic E-state index is -0.439. The fraction of sp³-hybridized carbons (Fsp3) is 0.320. The Morgan fingerprint density at radius 1 is 0.970 bits per heavy atom. The van der Waals surface area contributed by atoms with Crippen molar-refractivity contribution in [2.75, 3.05) is 0 Å². The van der Waals surface area contributed by atoms with E-state index in [2.05, 4.69) is 17.3 Å². The second kappa shape index (κ2) is 7.37. The summed E-state index contributed by atoms with van der Waals surface area (Å²) in [5.41, 5.74) is 1.61. The van der Waals surface area contributed by atoms with Crippen LogP contribution in [0.1, 0.15) is 17.5 Å². The first kappa shape index (κ1) is 19.8. The molecular weight excluding hydrogens is 422 g/mol. The summed E-state index contributed by atoms with van der Waals surface area (Å²) < 4.78 is 5.73. The van der Waals surface area contributed by atoms with E-state index in [9.17, 15) is 19.7 Å². The number of hydrogen-bond acceptors (Lipinski definition) is 6. The molecule has 7 rings (SSSR count). The summed E-state index contributed by atoms with van der Waals surface area (Å²) in [6, 6.07) is 13.4. The summed E-state index contributed by atoms with van der Waals surface area (Å²) in [6.07, 6.45) is 6.96. The van der Waals surface area contributed by atoms with Crippen LogP contribution in [0.25, 0.3) is 0 Å². The van der Waals surface area contributed by atoms with Gasteiger partial charge in [0, 0.05) is 12.1 Å². The lowest BCUT2D eigenvalue weighted by atomic mass is 9.63. The van der Waals surface area contributed by atoms with Crippen LogP contribution in [0.3, 0.4) is 0 Å². The number of carbonyl (C=O) groups excluding carboxylic acids is 2. The van der Waals surface area contributed by atoms with E-state index in [1.807, 2.05) is 0 Å². The van der Waals surface area contributed by atoms with Crippen molar-refractivity contribution in [1.82, 2.24) is 5.01 Å². The van der Waals surface area contributed by atoms with Crippen molar-refractivity contribution in [3.63, 3.8) is 0 Å². The largest absolute Gasteiger partial charge is 0.489 e. The van der Waals surface area contributed by atoms with Crippen LogP contribution in [0.5, 0.6) is 5.75 Å². The number of nitro benzene ring substituents is 1. The van der Waals surface area contributed by atoms with E-state index in [1.54, 1.807) is 36.4 Å². The summed E-state index contributed by atoms with van der Waals surface area (Å²) in [6.45, 7) is 0.281. The van der Waals surface area contributed by atoms with E-state index in [4.69, 9.17) is 4.74 Å². The number of imide groups is 1. The van der Waals surface area contributed by atoms with E-state index < -0.39 is 4.92 Å². The van der Waals surface area contributed by atoms with Gasteiger partial charge in [0.05, 0.1) is 23.0 Å². The average Bonchev–Trinajstić information content (AvgIpc) is 3.62. The van der Waals surface area contributed by atoms with E-state index in [0.717, 1.165) is 22.6 Å². The molecule has 1 aliphatic heterocycles. The Labute approximate surface area is 189 Å². The van der Waals surface area contributed by atoms with Gasteiger partial charge in [0.15, 0.2) is 0 Å². The molecular formula is C25H21N3O5. The van der Waals surface area contributed by atoms with Gasteiger partial charge in [-0.2, -0.15) is 10.1 Å². The van der Waals surface area contributed by atoms with Crippen LogP contribution in [0.2, 0.25) is 0 Å². The minimum Gasteiger partial charge on any atom is -0.489 e. The zero-order valence-electron chi connectivity index (χ0n) is 17.6. The van der Waals surface area contributed by atoms with Gasteiger partial charge in [0.2, 0.25) is 0 Å². The van der Waals surface area contributed by atoms with Crippen LogP contribution in [0.4, 0.5) is 5.69 Å². The molecule has 8 heteroatoms. The first-order chi connectivity index (χ1) is 16.0. The second-order valence-electron chi connectivity index (χ2n) is 9.17. The predicted octanol–water partition coefficient (Wildman–Crippen LogP) is 3.56. The second-order valence-corrected chi connectivity index (χ2v) is 9.17. The molecule has 0 aromatic heterocycles. The van der Waals surface area contributed by atoms with Gasteiger partial charge in [-0.15, -0.1) is 0 Å². The Bertz CT molecular complexity index is 1170. The van der Waals surface area contributed by atoms with Gasteiger partial charge in [0.25, 0.3) is 17.5 Å². The number of rotatable bonds is 6. The van der Waals surface area contributed by atoms with Crippen molar-refractivity contribution in [2.45, 2.75) is 13.0 Å². The number of hydrazone groups is 1. The van der Waals surface area contributed by atoms with Crippen LogP contribution < -0.4 is 4.74 Å². The van der Waals surface area contributed by atoms with Crippen molar-refractivity contribution in [2.24, 2.45) is 40.6 Å². The number of allylic oxidation sites excluding steroid dienone is 2. The highest BCUT2D eigenvalue weighted by Crippen LogP contribution is 2.65. The van der Waals surface area contributed by atoms with Gasteiger partial charge in [-0.3, -0.25) is 19.7 Å². The summed E-state index contributed by atoms with van der Waals surface area (Å²) in [7, 11) is 0. The van der Waals surface area contributed by atoms with E-state index in [0.29, 0.717) is 17.6 Å². The van der Waals surface area contributed by atoms with Gasteiger partial charge >= 0.3 is 0 Å². The number of carbonyl (C=O) groups is 2. The molecule has 33 heavy (non-hydrogen) atoms. The molecule has 2 saturated carbocycles. The van der Waals surface area contributed by atoms with Gasteiger partial charge in [-0.1, -0.05) is 12.2 Å². The van der Waals surface area contributed by atoms with Crippen LogP contribution in [-0.2, 0) is 16.2 Å². The summed E-state index contributed by atoms with van der Waals surface area (Å²) in [5, 5.41) is 16.1. The number of nitrogens with zero attached hydrogens (tertiary/aromatic N) is 3. The van der Waals surface area contributed by atoms with Crippen molar-refractivity contribution in [1.29, 1.82) is 0 Å². The van der Waals surface area contributed by atoms with E-state index >= 15 is 0 Å². The number of hydrogen-bond donors (Lipinski definition) is 0. The quantitative estimate of drug-likeness (QED) is 0.223. The zero-order valence-corrected chi connectivity index (χ0v) is 17.6. The molecule has 2 bridgehead atoms. The molecule has 1 saturated heterocycles. The molecule has 166 valence electrons. The van der Waals surface area contributed by atoms with Crippen LogP contribution in [0.15, 0.2) is 65.8 Å². The number of amides is 2. The lowest BCUT2D eigenvalue weighted by Gasteiger charge is -2.37. The molecule has 5 aliphatic rings. The Kier molecular flexibility index (Phi) is 4.43. The standard InChI is InChI=1S/C25H21N3O5/c29-24-22-18-9-10-19(21-11-20(18)21)23(22)25(30)27(24)26-12-14-3-7-17(8-4-14)33-13-15-1-5-16(6-2-15)28(31)32/h1-10,12,18-23H,11,13H2/b26-12+. The molecule has 0 spiro atoms. The van der Waals surface area contributed by atoms with Crippen LogP contribution in [-0.4, -0.2) is 28.0 Å². The Morgan fingerprint density at radius 2 is 1.58 bits per heavy atom. The topological polar surface area (TPSA) is 102 Å². The number of ether oxygens (including phenoxy) is 1. The fourth-order valence-electron chi connectivity index (χ4n) is 5.71. The highest BCUT2D eigenvalue weighted by atomic mass is 16.6. The van der Waals surface area contributed by atoms with E-state index in [-0.39, 0.29) is 47.8 Å². The Morgan fingerprint density at radius 3 is 2.15 bits per heavy atom. The first-order valence-electron chi connectivity index (χ1n) is 11.1. The summed E-state index contributed by atoms with van der Waals surface area (Å²) >= 11 is 0. The van der Waals surface area contributed by atoms with Gasteiger partial charge in [-0.25, -0.2) is 0 Å². The molecule has 0 N–H and O–H groups in total. The molecule has 1 heterocycles. The molecule has 3 fully saturated rings. The first-order valence-corrected chi connectivity index (χ1v) is 11.1. The summed E-state index contributed by atoms with van der Waals surface area (Å²) in [4.78, 5) is 36.2. The molecule has 2 aromatic rings. The third kappa shape index (κ3) is 3.25. The normalized spacial score (nSPS) is 31.1. The van der Waals surface area contributed by atoms with Crippen LogP contribution in [0, 0.1) is 45.6 Å². The SMILES string of the molecule is O=C1C2C3C=CC(C4CC34)C2C(=O)N1/N=C/c1ccc(OCc2ccc([N+](=O)[O-])cc2)cc1. The van der Waals surface area contributed by atoms with Crippen molar-refractivity contribution in [3.05, 3.63) is 81.9 Å². The van der Waals surface area contributed by atoms with Gasteiger partial charge in [-0.05, 0) is 77.6 Å². The third-order valence-corrected chi connectivity index (χ3v) is 7.39. The maximum Gasteiger partial charge on any atom is 0.269 e. The molecule has 2 amide bonds. The maximum absolute atomic E-state index is 13.0. The Balaban J connectivity index is 1.09. The monoisotopic (exact) mass is 443 g/mol. The van der Waals surface area contributed by atoms with Crippen molar-refractivity contribution in [3.8, 4) is 5.75 Å². The maximum atomic E-state index is 13.0. The average molecular weight is 443 g/mol. The Hall–Kier alpha value is -3.81. The third-order valence-electron chi connectivity index (χ3n) is 7.39. The highest BCUT2D eigenvalue weighted by molar-refractivity contribution is 6.06. The molecule has 6 atom stereocenters. The van der Waals surface area contributed by atoms with Crippen molar-refractivity contribution < 1.29 is 19.2 Å². The number of benzene rings is 2. The molecule has 0 radical (unpaired) electrons. The van der Waals surface area contributed by atoms with Crippen molar-refractivity contribution >= 4 is 23.7 Å². The molecule has 6 unspecified atom stereocenters. The molecule has 8 nitrogen and oxygen atoms in total. The smallest absolute Gasteiger partial charge is 0.269 e. The lowest BCUT2D eigenvalue weighted by molar-refractivity contribution is -0.384. The summed E-state index contributed by atoms with van der Waals surface area (Å²) in [5.74, 6) is 1.31. The predicted molar refractivity (Wildman–Crippen MR) is 118 cm³/mol. The van der Waals surface area contributed by atoms with Gasteiger partial charge < -0.3 is 4.74 Å². The zero-order chi connectivity index (χ0) is 22.7. The van der Waals surface area contributed by atoms with E-state index in [1.165, 1.54) is 18.3 Å². The lowest BCUT2D eigenvalue weighted by Crippen LogP contribution is -2.40. The number of non-ortho nitro benzene ring substituents is 1. The highest BCUT2D eigenvalue weighted by Gasteiger charge is 2.67. The molecule has 4 aliphatic carbocycles.